The Kier molecular flexibility index (Phi) is 5.47. The van der Waals surface area contributed by atoms with Gasteiger partial charge in [-0.3, -0.25) is 9.69 Å². The van der Waals surface area contributed by atoms with Crippen molar-refractivity contribution in [3.8, 4) is 47.3 Å². The lowest BCUT2D eigenvalue weighted by molar-refractivity contribution is -0.192. The molecule has 4 nitrogen and oxygen atoms in total. The van der Waals surface area contributed by atoms with Crippen LogP contribution in [0.1, 0.15) is 0 Å². The summed E-state index contributed by atoms with van der Waals surface area (Å²) in [5.74, 6) is -10.3. The minimum atomic E-state index is -4.40. The lowest BCUT2D eigenvalue weighted by Gasteiger charge is -2.32. The van der Waals surface area contributed by atoms with Crippen molar-refractivity contribution in [2.75, 3.05) is 18.1 Å². The number of nitrogens with zero attached hydrogens (tertiary/aromatic N) is 1. The normalized spacial score (nSPS) is 14.4. The number of anilines is 1. The van der Waals surface area contributed by atoms with Crippen molar-refractivity contribution in [2.24, 2.45) is 0 Å². The molecule has 1 amide bonds. The van der Waals surface area contributed by atoms with Gasteiger partial charge in [0.2, 0.25) is 11.6 Å². The smallest absolute Gasteiger partial charge is 0.475 e. The van der Waals surface area contributed by atoms with Crippen LogP contribution in [-0.4, -0.2) is 25.2 Å². The van der Waals surface area contributed by atoms with Gasteiger partial charge in [0.1, 0.15) is 12.4 Å². The molecule has 1 aliphatic heterocycles. The van der Waals surface area contributed by atoms with Crippen molar-refractivity contribution >= 4 is 11.6 Å². The second kappa shape index (κ2) is 7.76. The number of amides is 1. The molecular weight excluding hydrogens is 435 g/mol. The highest BCUT2D eigenvalue weighted by molar-refractivity contribution is 6.02. The van der Waals surface area contributed by atoms with E-state index < -0.39 is 82.6 Å². The molecular formula is C20H8F7NO3. The summed E-state index contributed by atoms with van der Waals surface area (Å²) in [7, 11) is 0. The molecule has 0 saturated heterocycles. The average Bonchev–Trinajstić information content (AvgIpc) is 2.71. The second-order valence-corrected chi connectivity index (χ2v) is 5.97. The number of fused-ring (bicyclic) bond motifs is 1. The van der Waals surface area contributed by atoms with Crippen LogP contribution in [0.4, 0.5) is 36.4 Å². The van der Waals surface area contributed by atoms with Crippen LogP contribution in [-0.2, 0) is 4.79 Å². The van der Waals surface area contributed by atoms with E-state index in [-0.39, 0.29) is 11.0 Å². The van der Waals surface area contributed by atoms with Gasteiger partial charge >= 0.3 is 12.0 Å². The summed E-state index contributed by atoms with van der Waals surface area (Å²) in [5.41, 5.74) is -3.22. The molecule has 1 aliphatic rings. The predicted molar refractivity (Wildman–Crippen MR) is 92.8 cm³/mol. The van der Waals surface area contributed by atoms with E-state index in [4.69, 9.17) is 12.8 Å². The first kappa shape index (κ1) is 21.8. The zero-order valence-corrected chi connectivity index (χ0v) is 15.0. The molecule has 1 heterocycles. The van der Waals surface area contributed by atoms with E-state index in [2.05, 4.69) is 9.47 Å². The topological polar surface area (TPSA) is 38.8 Å². The van der Waals surface area contributed by atoms with Gasteiger partial charge in [-0.15, -0.1) is 12.8 Å². The van der Waals surface area contributed by atoms with Crippen LogP contribution in [0.2, 0.25) is 0 Å². The summed E-state index contributed by atoms with van der Waals surface area (Å²) < 4.78 is 108. The minimum Gasteiger partial charge on any atom is -0.475 e. The lowest BCUT2D eigenvalue weighted by atomic mass is 10.0. The number of hydrogen-bond acceptors (Lipinski definition) is 3. The molecule has 11 heteroatoms. The number of carbonyl (C=O) groups excluding carboxylic acids is 1. The number of rotatable bonds is 4. The number of hydrogen-bond donors (Lipinski definition) is 0. The number of ether oxygens (including phenoxy) is 2. The van der Waals surface area contributed by atoms with E-state index >= 15 is 0 Å². The number of halogens is 7. The highest BCUT2D eigenvalue weighted by Gasteiger charge is 2.50. The maximum absolute atomic E-state index is 14.5. The molecule has 160 valence electrons. The molecule has 0 aromatic heterocycles. The highest BCUT2D eigenvalue weighted by atomic mass is 19.3. The fraction of sp³-hybridized carbons (Fsp3) is 0.150. The Labute approximate surface area is 170 Å². The standard InChI is InChI=1S/C20H8F7NO3/c1-3-5-28-11-7-9(10(21)8-12(11)31-20(26,27)19(28)29)13-14(22)16(24)18(30-6-4-2)17(25)15(13)23/h1-2,7-8H,5-6H2. The molecule has 31 heavy (non-hydrogen) atoms. The van der Waals surface area contributed by atoms with Crippen LogP contribution in [0.5, 0.6) is 11.5 Å². The Bertz CT molecular complexity index is 1150. The van der Waals surface area contributed by atoms with E-state index in [9.17, 15) is 35.5 Å². The molecule has 0 atom stereocenters. The Morgan fingerprint density at radius 3 is 2.16 bits per heavy atom. The first-order valence-corrected chi connectivity index (χ1v) is 8.13. The Hall–Kier alpha value is -3.86. The molecule has 0 aliphatic carbocycles. The average molecular weight is 443 g/mol. The van der Waals surface area contributed by atoms with Gasteiger partial charge in [-0.25, -0.2) is 13.2 Å². The minimum absolute atomic E-state index is 0.270. The van der Waals surface area contributed by atoms with Gasteiger partial charge in [0.25, 0.3) is 0 Å². The van der Waals surface area contributed by atoms with Crippen LogP contribution >= 0.6 is 0 Å². The summed E-state index contributed by atoms with van der Waals surface area (Å²) in [4.78, 5) is 12.2. The van der Waals surface area contributed by atoms with Crippen molar-refractivity contribution in [2.45, 2.75) is 6.11 Å². The molecule has 2 aromatic carbocycles. The van der Waals surface area contributed by atoms with E-state index in [1.165, 1.54) is 0 Å². The number of carbonyl (C=O) groups is 1. The van der Waals surface area contributed by atoms with E-state index in [0.717, 1.165) is 0 Å². The van der Waals surface area contributed by atoms with E-state index in [0.29, 0.717) is 6.07 Å². The van der Waals surface area contributed by atoms with E-state index in [1.54, 1.807) is 0 Å². The van der Waals surface area contributed by atoms with Crippen LogP contribution in [0.25, 0.3) is 11.1 Å². The maximum atomic E-state index is 14.5. The van der Waals surface area contributed by atoms with Crippen LogP contribution in [0.3, 0.4) is 0 Å². The molecule has 0 saturated carbocycles. The van der Waals surface area contributed by atoms with Crippen molar-refractivity contribution in [3.05, 3.63) is 41.2 Å². The number of terminal acetylenes is 2. The van der Waals surface area contributed by atoms with Gasteiger partial charge < -0.3 is 9.47 Å². The summed E-state index contributed by atoms with van der Waals surface area (Å²) >= 11 is 0. The van der Waals surface area contributed by atoms with Crippen LogP contribution < -0.4 is 14.4 Å². The molecule has 0 radical (unpaired) electrons. The third kappa shape index (κ3) is 3.48. The number of benzene rings is 2. The molecule has 0 N–H and O–H groups in total. The van der Waals surface area contributed by atoms with Gasteiger partial charge in [-0.05, 0) is 6.07 Å². The SMILES string of the molecule is C#CCOc1c(F)c(F)c(-c2cc3c(cc2F)OC(F)(F)C(=O)N3CC#C)c(F)c1F. The van der Waals surface area contributed by atoms with Gasteiger partial charge in [-0.1, -0.05) is 11.8 Å². The summed E-state index contributed by atoms with van der Waals surface area (Å²) in [5, 5.41) is 0. The quantitative estimate of drug-likeness (QED) is 0.407. The first-order chi connectivity index (χ1) is 14.5. The summed E-state index contributed by atoms with van der Waals surface area (Å²) in [6, 6.07) is 0.767. The molecule has 0 unspecified atom stereocenters. The molecule has 2 aromatic rings. The van der Waals surface area contributed by atoms with Gasteiger partial charge in [0.05, 0.1) is 17.8 Å². The zero-order chi connectivity index (χ0) is 23.1. The zero-order valence-electron chi connectivity index (χ0n) is 15.0. The Morgan fingerprint density at radius 2 is 1.61 bits per heavy atom. The molecule has 3 rings (SSSR count). The largest absolute Gasteiger partial charge is 0.483 e. The Morgan fingerprint density at radius 1 is 1.00 bits per heavy atom. The third-order valence-electron chi connectivity index (χ3n) is 4.11. The maximum Gasteiger partial charge on any atom is 0.483 e. The second-order valence-electron chi connectivity index (χ2n) is 5.97. The molecule has 0 bridgehead atoms. The fourth-order valence-corrected chi connectivity index (χ4v) is 2.81. The first-order valence-electron chi connectivity index (χ1n) is 8.13. The summed E-state index contributed by atoms with van der Waals surface area (Å²) in [6.07, 6.45) is 5.50. The van der Waals surface area contributed by atoms with Crippen molar-refractivity contribution < 1.29 is 45.0 Å². The van der Waals surface area contributed by atoms with Crippen molar-refractivity contribution in [1.82, 2.24) is 0 Å². The Balaban J connectivity index is 2.26. The van der Waals surface area contributed by atoms with Gasteiger partial charge in [0, 0.05) is 11.6 Å². The van der Waals surface area contributed by atoms with Crippen molar-refractivity contribution in [1.29, 1.82) is 0 Å². The monoisotopic (exact) mass is 443 g/mol. The van der Waals surface area contributed by atoms with Crippen LogP contribution in [0, 0.1) is 53.8 Å². The van der Waals surface area contributed by atoms with Crippen molar-refractivity contribution in [3.63, 3.8) is 0 Å². The third-order valence-corrected chi connectivity index (χ3v) is 4.11. The van der Waals surface area contributed by atoms with Crippen LogP contribution in [0.15, 0.2) is 12.1 Å². The predicted octanol–water partition coefficient (Wildman–Crippen LogP) is 4.01. The van der Waals surface area contributed by atoms with E-state index in [1.807, 2.05) is 11.8 Å². The fourth-order valence-electron chi connectivity index (χ4n) is 2.81. The van der Waals surface area contributed by atoms with Gasteiger partial charge in [0.15, 0.2) is 23.1 Å². The summed E-state index contributed by atoms with van der Waals surface area (Å²) in [6.45, 7) is -1.48. The molecule has 0 spiro atoms. The number of alkyl halides is 2. The lowest BCUT2D eigenvalue weighted by Crippen LogP contribution is -2.51. The molecule has 0 fully saturated rings. The van der Waals surface area contributed by atoms with Gasteiger partial charge in [-0.2, -0.15) is 17.6 Å². The highest BCUT2D eigenvalue weighted by Crippen LogP contribution is 2.44.